The van der Waals surface area contributed by atoms with Crippen LogP contribution >= 0.6 is 11.6 Å². The lowest BCUT2D eigenvalue weighted by Gasteiger charge is -2.10. The van der Waals surface area contributed by atoms with Gasteiger partial charge in [-0.2, -0.15) is 0 Å². The summed E-state index contributed by atoms with van der Waals surface area (Å²) in [5.41, 5.74) is 1.33. The summed E-state index contributed by atoms with van der Waals surface area (Å²) in [6.07, 6.45) is 2.53. The molecule has 0 spiro atoms. The van der Waals surface area contributed by atoms with Crippen LogP contribution in [0.1, 0.15) is 12.0 Å². The summed E-state index contributed by atoms with van der Waals surface area (Å²) in [5.74, 6) is 0. The van der Waals surface area contributed by atoms with Gasteiger partial charge in [0.1, 0.15) is 0 Å². The van der Waals surface area contributed by atoms with E-state index in [9.17, 15) is 0 Å². The van der Waals surface area contributed by atoms with Gasteiger partial charge in [-0.05, 0) is 30.5 Å². The first-order valence-electron chi connectivity index (χ1n) is 5.28. The number of nitrogens with one attached hydrogen (secondary N) is 1. The van der Waals surface area contributed by atoms with Gasteiger partial charge in [0.15, 0.2) is 0 Å². The van der Waals surface area contributed by atoms with Crippen LogP contribution in [0.5, 0.6) is 0 Å². The predicted octanol–water partition coefficient (Wildman–Crippen LogP) is 2.26. The Morgan fingerprint density at radius 3 is 2.73 bits per heavy atom. The lowest BCUT2D eigenvalue weighted by molar-refractivity contribution is 0.117. The standard InChI is InChI=1S/C12H16ClNO/c1-15-12-7-11(14-8-12)6-9-2-4-10(13)5-3-9/h2-5,11-12,14H,6-8H2,1H3/t11-,12+/m0/s1. The average molecular weight is 226 g/mol. The van der Waals surface area contributed by atoms with Gasteiger partial charge in [-0.15, -0.1) is 0 Å². The van der Waals surface area contributed by atoms with Gasteiger partial charge >= 0.3 is 0 Å². The number of hydrogen-bond donors (Lipinski definition) is 1. The third-order valence-electron chi connectivity index (χ3n) is 2.91. The zero-order chi connectivity index (χ0) is 10.7. The fourth-order valence-electron chi connectivity index (χ4n) is 2.02. The molecule has 0 bridgehead atoms. The highest BCUT2D eigenvalue weighted by molar-refractivity contribution is 6.30. The molecule has 2 rings (SSSR count). The quantitative estimate of drug-likeness (QED) is 0.852. The number of benzene rings is 1. The molecule has 2 nitrogen and oxygen atoms in total. The molecule has 0 aliphatic carbocycles. The van der Waals surface area contributed by atoms with Gasteiger partial charge in [0.25, 0.3) is 0 Å². The third-order valence-corrected chi connectivity index (χ3v) is 3.16. The Balaban J connectivity index is 1.90. The van der Waals surface area contributed by atoms with Gasteiger partial charge in [-0.1, -0.05) is 23.7 Å². The molecule has 0 saturated carbocycles. The summed E-state index contributed by atoms with van der Waals surface area (Å²) >= 11 is 5.84. The van der Waals surface area contributed by atoms with Gasteiger partial charge in [0.05, 0.1) is 6.10 Å². The molecule has 15 heavy (non-hydrogen) atoms. The van der Waals surface area contributed by atoms with E-state index in [4.69, 9.17) is 16.3 Å². The zero-order valence-corrected chi connectivity index (χ0v) is 9.63. The Hall–Kier alpha value is -0.570. The molecule has 82 valence electrons. The van der Waals surface area contributed by atoms with Gasteiger partial charge in [-0.3, -0.25) is 0 Å². The minimum Gasteiger partial charge on any atom is -0.380 e. The van der Waals surface area contributed by atoms with Crippen LogP contribution in [0, 0.1) is 0 Å². The molecular weight excluding hydrogens is 210 g/mol. The second-order valence-electron chi connectivity index (χ2n) is 4.03. The van der Waals surface area contributed by atoms with Crippen LogP contribution in [0.25, 0.3) is 0 Å². The second-order valence-corrected chi connectivity index (χ2v) is 4.47. The molecule has 1 N–H and O–H groups in total. The molecule has 1 saturated heterocycles. The van der Waals surface area contributed by atoms with Crippen LogP contribution in [-0.4, -0.2) is 25.8 Å². The van der Waals surface area contributed by atoms with E-state index >= 15 is 0 Å². The lowest BCUT2D eigenvalue weighted by Crippen LogP contribution is -2.23. The topological polar surface area (TPSA) is 21.3 Å². The molecule has 1 aromatic rings. The van der Waals surface area contributed by atoms with E-state index in [1.165, 1.54) is 5.56 Å². The highest BCUT2D eigenvalue weighted by atomic mass is 35.5. The van der Waals surface area contributed by atoms with Crippen LogP contribution in [-0.2, 0) is 11.2 Å². The molecule has 1 fully saturated rings. The molecule has 2 atom stereocenters. The van der Waals surface area contributed by atoms with E-state index in [0.717, 1.165) is 24.4 Å². The summed E-state index contributed by atoms with van der Waals surface area (Å²) in [6.45, 7) is 0.967. The van der Waals surface area contributed by atoms with E-state index in [-0.39, 0.29) is 0 Å². The van der Waals surface area contributed by atoms with E-state index < -0.39 is 0 Å². The molecule has 0 aromatic heterocycles. The molecule has 0 radical (unpaired) electrons. The largest absolute Gasteiger partial charge is 0.380 e. The summed E-state index contributed by atoms with van der Waals surface area (Å²) < 4.78 is 5.31. The van der Waals surface area contributed by atoms with Crippen LogP contribution in [0.15, 0.2) is 24.3 Å². The second kappa shape index (κ2) is 4.97. The Kier molecular flexibility index (Phi) is 3.62. The smallest absolute Gasteiger partial charge is 0.0710 e. The van der Waals surface area contributed by atoms with Crippen LogP contribution < -0.4 is 5.32 Å². The van der Waals surface area contributed by atoms with Crippen LogP contribution in [0.4, 0.5) is 0 Å². The Morgan fingerprint density at radius 2 is 2.13 bits per heavy atom. The van der Waals surface area contributed by atoms with Crippen molar-refractivity contribution in [3.05, 3.63) is 34.9 Å². The third kappa shape index (κ3) is 2.94. The lowest BCUT2D eigenvalue weighted by atomic mass is 10.0. The SMILES string of the molecule is CO[C@H]1CN[C@@H](Cc2ccc(Cl)cc2)C1. The van der Waals surface area contributed by atoms with Crippen molar-refractivity contribution >= 4 is 11.6 Å². The Labute approximate surface area is 95.6 Å². The van der Waals surface area contributed by atoms with E-state index in [0.29, 0.717) is 12.1 Å². The maximum Gasteiger partial charge on any atom is 0.0710 e. The molecule has 1 aliphatic heterocycles. The van der Waals surface area contributed by atoms with Crippen molar-refractivity contribution in [3.63, 3.8) is 0 Å². The maximum absolute atomic E-state index is 5.84. The first kappa shape index (κ1) is 10.9. The normalized spacial score (nSPS) is 25.7. The minimum absolute atomic E-state index is 0.377. The monoisotopic (exact) mass is 225 g/mol. The number of methoxy groups -OCH3 is 1. The predicted molar refractivity (Wildman–Crippen MR) is 62.4 cm³/mol. The zero-order valence-electron chi connectivity index (χ0n) is 8.87. The highest BCUT2D eigenvalue weighted by Gasteiger charge is 2.23. The fourth-order valence-corrected chi connectivity index (χ4v) is 2.15. The van der Waals surface area contributed by atoms with Crippen molar-refractivity contribution in [3.8, 4) is 0 Å². The molecule has 1 heterocycles. The van der Waals surface area contributed by atoms with Gasteiger partial charge in [0, 0.05) is 24.7 Å². The van der Waals surface area contributed by atoms with E-state index in [1.54, 1.807) is 7.11 Å². The van der Waals surface area contributed by atoms with Crippen molar-refractivity contribution < 1.29 is 4.74 Å². The molecular formula is C12H16ClNO. The van der Waals surface area contributed by atoms with E-state index in [2.05, 4.69) is 17.4 Å². The first-order valence-corrected chi connectivity index (χ1v) is 5.66. The minimum atomic E-state index is 0.377. The molecule has 0 unspecified atom stereocenters. The van der Waals surface area contributed by atoms with Crippen molar-refractivity contribution in [2.45, 2.75) is 25.0 Å². The summed E-state index contributed by atoms with van der Waals surface area (Å²) in [7, 11) is 1.77. The summed E-state index contributed by atoms with van der Waals surface area (Å²) in [4.78, 5) is 0. The molecule has 3 heteroatoms. The van der Waals surface area contributed by atoms with Crippen LogP contribution in [0.3, 0.4) is 0 Å². The molecule has 1 aromatic carbocycles. The maximum atomic E-state index is 5.84. The van der Waals surface area contributed by atoms with Gasteiger partial charge in [-0.25, -0.2) is 0 Å². The Bertz CT molecular complexity index is 312. The van der Waals surface area contributed by atoms with E-state index in [1.807, 2.05) is 12.1 Å². The van der Waals surface area contributed by atoms with Gasteiger partial charge < -0.3 is 10.1 Å². The highest BCUT2D eigenvalue weighted by Crippen LogP contribution is 2.16. The number of rotatable bonds is 3. The van der Waals surface area contributed by atoms with Crippen molar-refractivity contribution in [2.75, 3.05) is 13.7 Å². The van der Waals surface area contributed by atoms with Crippen LogP contribution in [0.2, 0.25) is 5.02 Å². The first-order chi connectivity index (χ1) is 7.28. The fraction of sp³-hybridized carbons (Fsp3) is 0.500. The molecule has 1 aliphatic rings. The molecule has 0 amide bonds. The van der Waals surface area contributed by atoms with Crippen molar-refractivity contribution in [2.24, 2.45) is 0 Å². The van der Waals surface area contributed by atoms with Gasteiger partial charge in [0.2, 0.25) is 0 Å². The summed E-state index contributed by atoms with van der Waals surface area (Å²) in [6, 6.07) is 8.60. The number of hydrogen-bond acceptors (Lipinski definition) is 2. The summed E-state index contributed by atoms with van der Waals surface area (Å²) in [5, 5.41) is 4.26. The van der Waals surface area contributed by atoms with Crippen molar-refractivity contribution in [1.29, 1.82) is 0 Å². The Morgan fingerprint density at radius 1 is 1.40 bits per heavy atom. The number of ether oxygens (including phenoxy) is 1. The number of halogens is 1. The average Bonchev–Trinajstić information content (AvgIpc) is 2.69. The van der Waals surface area contributed by atoms with Crippen molar-refractivity contribution in [1.82, 2.24) is 5.32 Å².